The van der Waals surface area contributed by atoms with E-state index >= 15 is 0 Å². The van der Waals surface area contributed by atoms with Crippen molar-refractivity contribution in [1.29, 1.82) is 0 Å². The molecule has 124 valence electrons. The third-order valence-corrected chi connectivity index (χ3v) is 4.06. The zero-order valence-corrected chi connectivity index (χ0v) is 13.7. The Morgan fingerprint density at radius 2 is 1.84 bits per heavy atom. The van der Waals surface area contributed by atoms with Gasteiger partial charge < -0.3 is 10.3 Å². The van der Waals surface area contributed by atoms with Gasteiger partial charge in [0.25, 0.3) is 5.91 Å². The molecule has 0 radical (unpaired) electrons. The van der Waals surface area contributed by atoms with Crippen LogP contribution in [0.4, 0.5) is 0 Å². The molecule has 25 heavy (non-hydrogen) atoms. The maximum absolute atomic E-state index is 12.5. The molecule has 6 heteroatoms. The van der Waals surface area contributed by atoms with Crippen LogP contribution in [0.5, 0.6) is 0 Å². The van der Waals surface area contributed by atoms with Crippen LogP contribution >= 0.6 is 0 Å². The van der Waals surface area contributed by atoms with Gasteiger partial charge in [-0.15, -0.1) is 0 Å². The number of benzene rings is 2. The maximum atomic E-state index is 12.5. The minimum Gasteiger partial charge on any atom is -0.341 e. The number of H-pyrrole nitrogens is 2. The molecule has 3 N–H and O–H groups in total. The Morgan fingerprint density at radius 1 is 1.08 bits per heavy atom. The smallest absolute Gasteiger partial charge is 0.269 e. The van der Waals surface area contributed by atoms with Crippen molar-refractivity contribution in [3.8, 4) is 11.3 Å². The van der Waals surface area contributed by atoms with E-state index in [0.29, 0.717) is 5.69 Å². The Hall–Kier alpha value is -3.41. The first-order valence-corrected chi connectivity index (χ1v) is 8.07. The van der Waals surface area contributed by atoms with Crippen LogP contribution in [0.15, 0.2) is 60.7 Å². The molecule has 0 aliphatic rings. The Labute approximate surface area is 144 Å². The summed E-state index contributed by atoms with van der Waals surface area (Å²) in [6.45, 7) is 1.89. The lowest BCUT2D eigenvalue weighted by molar-refractivity contribution is 0.0933. The Bertz CT molecular complexity index is 985. The van der Waals surface area contributed by atoms with Crippen LogP contribution in [0.25, 0.3) is 22.3 Å². The van der Waals surface area contributed by atoms with Gasteiger partial charge in [0.15, 0.2) is 0 Å². The third kappa shape index (κ3) is 3.01. The van der Waals surface area contributed by atoms with Crippen LogP contribution < -0.4 is 5.32 Å². The largest absolute Gasteiger partial charge is 0.341 e. The summed E-state index contributed by atoms with van der Waals surface area (Å²) in [5, 5.41) is 9.94. The van der Waals surface area contributed by atoms with Gasteiger partial charge in [0, 0.05) is 5.56 Å². The molecule has 6 nitrogen and oxygen atoms in total. The molecule has 0 bridgehead atoms. The molecule has 0 aliphatic carbocycles. The van der Waals surface area contributed by atoms with Gasteiger partial charge >= 0.3 is 0 Å². The fourth-order valence-electron chi connectivity index (χ4n) is 2.72. The first kappa shape index (κ1) is 15.1. The van der Waals surface area contributed by atoms with Gasteiger partial charge in [-0.1, -0.05) is 42.5 Å². The summed E-state index contributed by atoms with van der Waals surface area (Å²) < 4.78 is 0. The lowest BCUT2D eigenvalue weighted by atomic mass is 10.1. The fraction of sp³-hybridized carbons (Fsp3) is 0.105. The molecule has 2 aromatic carbocycles. The molecule has 1 atom stereocenters. The van der Waals surface area contributed by atoms with E-state index in [2.05, 4.69) is 25.5 Å². The van der Waals surface area contributed by atoms with Crippen molar-refractivity contribution >= 4 is 16.9 Å². The quantitative estimate of drug-likeness (QED) is 0.535. The van der Waals surface area contributed by atoms with Crippen LogP contribution in [0.2, 0.25) is 0 Å². The molecule has 4 aromatic rings. The van der Waals surface area contributed by atoms with Gasteiger partial charge in [-0.2, -0.15) is 5.10 Å². The molecule has 0 fully saturated rings. The van der Waals surface area contributed by atoms with Gasteiger partial charge in [-0.3, -0.25) is 9.89 Å². The standard InChI is InChI=1S/C19H17N5O/c1-12(18-21-14-9-5-6-10-15(14)22-18)20-19(25)17-11-16(23-24-17)13-7-3-2-4-8-13/h2-12H,1H3,(H,20,25)(H,21,22)(H,23,24)/t12-/m1/s1. The minimum atomic E-state index is -0.247. The number of imidazole rings is 1. The van der Waals surface area contributed by atoms with Gasteiger partial charge in [0.2, 0.25) is 0 Å². The first-order valence-electron chi connectivity index (χ1n) is 8.07. The zero-order chi connectivity index (χ0) is 17.2. The Balaban J connectivity index is 1.51. The monoisotopic (exact) mass is 331 g/mol. The summed E-state index contributed by atoms with van der Waals surface area (Å²) in [5.41, 5.74) is 3.95. The molecule has 4 rings (SSSR count). The predicted molar refractivity (Wildman–Crippen MR) is 96.0 cm³/mol. The normalized spacial score (nSPS) is 12.2. The summed E-state index contributed by atoms with van der Waals surface area (Å²) in [4.78, 5) is 20.2. The summed E-state index contributed by atoms with van der Waals surface area (Å²) >= 11 is 0. The molecule has 2 aromatic heterocycles. The van der Waals surface area contributed by atoms with E-state index < -0.39 is 0 Å². The lowest BCUT2D eigenvalue weighted by Gasteiger charge is -2.10. The van der Waals surface area contributed by atoms with Gasteiger partial charge in [-0.05, 0) is 25.1 Å². The van der Waals surface area contributed by atoms with Crippen LogP contribution in [-0.2, 0) is 0 Å². The number of nitrogens with zero attached hydrogens (tertiary/aromatic N) is 2. The predicted octanol–water partition coefficient (Wildman–Crippen LogP) is 3.44. The number of hydrogen-bond acceptors (Lipinski definition) is 3. The molecule has 2 heterocycles. The van der Waals surface area contributed by atoms with E-state index in [1.807, 2.05) is 61.5 Å². The minimum absolute atomic E-state index is 0.220. The Morgan fingerprint density at radius 3 is 2.64 bits per heavy atom. The van der Waals surface area contributed by atoms with E-state index in [9.17, 15) is 4.79 Å². The van der Waals surface area contributed by atoms with Crippen LogP contribution in [-0.4, -0.2) is 26.1 Å². The SMILES string of the molecule is C[C@@H](NC(=O)c1cc(-c2ccccc2)n[nH]1)c1nc2ccccc2[nH]1. The number of hydrogen-bond donors (Lipinski definition) is 3. The second-order valence-electron chi connectivity index (χ2n) is 5.87. The van der Waals surface area contributed by atoms with Crippen LogP contribution in [0, 0.1) is 0 Å². The van der Waals surface area contributed by atoms with Crippen molar-refractivity contribution in [1.82, 2.24) is 25.5 Å². The van der Waals surface area contributed by atoms with E-state index in [4.69, 9.17) is 0 Å². The topological polar surface area (TPSA) is 86.5 Å². The first-order chi connectivity index (χ1) is 12.2. The molecule has 0 saturated heterocycles. The molecule has 0 unspecified atom stereocenters. The van der Waals surface area contributed by atoms with Gasteiger partial charge in [0.1, 0.15) is 11.5 Å². The van der Waals surface area contributed by atoms with Gasteiger partial charge in [-0.25, -0.2) is 4.98 Å². The number of amides is 1. The van der Waals surface area contributed by atoms with Crippen LogP contribution in [0.3, 0.4) is 0 Å². The molecule has 1 amide bonds. The highest BCUT2D eigenvalue weighted by atomic mass is 16.2. The average molecular weight is 331 g/mol. The second kappa shape index (κ2) is 6.24. The van der Waals surface area contributed by atoms with E-state index in [-0.39, 0.29) is 11.9 Å². The summed E-state index contributed by atoms with van der Waals surface area (Å²) in [6.07, 6.45) is 0. The third-order valence-electron chi connectivity index (χ3n) is 4.06. The van der Waals surface area contributed by atoms with Crippen molar-refractivity contribution in [2.45, 2.75) is 13.0 Å². The summed E-state index contributed by atoms with van der Waals surface area (Å²) in [5.74, 6) is 0.500. The summed E-state index contributed by atoms with van der Waals surface area (Å²) in [6, 6.07) is 19.0. The van der Waals surface area contributed by atoms with Crippen LogP contribution in [0.1, 0.15) is 29.3 Å². The zero-order valence-electron chi connectivity index (χ0n) is 13.7. The number of aromatic amines is 2. The maximum Gasteiger partial charge on any atom is 0.269 e. The highest BCUT2D eigenvalue weighted by Gasteiger charge is 2.16. The van der Waals surface area contributed by atoms with Gasteiger partial charge in [0.05, 0.1) is 22.8 Å². The fourth-order valence-corrected chi connectivity index (χ4v) is 2.72. The number of fused-ring (bicyclic) bond motifs is 1. The number of carbonyl (C=O) groups excluding carboxylic acids is 1. The van der Waals surface area contributed by atoms with E-state index in [0.717, 1.165) is 28.1 Å². The average Bonchev–Trinajstić information content (AvgIpc) is 3.29. The number of nitrogens with one attached hydrogen (secondary N) is 3. The highest BCUT2D eigenvalue weighted by molar-refractivity contribution is 5.93. The van der Waals surface area contributed by atoms with E-state index in [1.165, 1.54) is 0 Å². The highest BCUT2D eigenvalue weighted by Crippen LogP contribution is 2.18. The molecule has 0 aliphatic heterocycles. The van der Waals surface area contributed by atoms with Crippen molar-refractivity contribution in [2.75, 3.05) is 0 Å². The molecular formula is C19H17N5O. The van der Waals surface area contributed by atoms with E-state index in [1.54, 1.807) is 6.07 Å². The second-order valence-corrected chi connectivity index (χ2v) is 5.87. The molecule has 0 saturated carbocycles. The summed E-state index contributed by atoms with van der Waals surface area (Å²) in [7, 11) is 0. The number of carbonyl (C=O) groups is 1. The van der Waals surface area contributed by atoms with Crippen molar-refractivity contribution in [3.63, 3.8) is 0 Å². The Kier molecular flexibility index (Phi) is 3.78. The molecular weight excluding hydrogens is 314 g/mol. The van der Waals surface area contributed by atoms with Crippen molar-refractivity contribution in [2.24, 2.45) is 0 Å². The lowest BCUT2D eigenvalue weighted by Crippen LogP contribution is -2.27. The molecule has 0 spiro atoms. The van der Waals surface area contributed by atoms with Crippen molar-refractivity contribution < 1.29 is 4.79 Å². The number of rotatable bonds is 4. The number of para-hydroxylation sites is 2. The number of aromatic nitrogens is 4. The van der Waals surface area contributed by atoms with Crippen molar-refractivity contribution in [3.05, 3.63) is 72.2 Å².